The van der Waals surface area contributed by atoms with Gasteiger partial charge in [0.15, 0.2) is 0 Å². The van der Waals surface area contributed by atoms with Crippen molar-refractivity contribution in [3.63, 3.8) is 0 Å². The van der Waals surface area contributed by atoms with Crippen LogP contribution in [0.1, 0.15) is 78.6 Å². The zero-order valence-corrected chi connectivity index (χ0v) is 14.0. The summed E-state index contributed by atoms with van der Waals surface area (Å²) in [5, 5.41) is 0. The predicted octanol–water partition coefficient (Wildman–Crippen LogP) is 4.88. The van der Waals surface area contributed by atoms with Crippen LogP contribution in [0, 0.1) is 0 Å². The third-order valence-electron chi connectivity index (χ3n) is 3.34. The third-order valence-corrected chi connectivity index (χ3v) is 5.68. The Morgan fingerprint density at radius 2 is 1.29 bits per heavy atom. The monoisotopic (exact) mass is 222 g/mol. The van der Waals surface area contributed by atoms with Crippen LogP contribution in [0.2, 0.25) is -0.490 Å². The average Bonchev–Trinajstić information content (AvgIpc) is 2.13. The van der Waals surface area contributed by atoms with Crippen molar-refractivity contribution in [3.8, 4) is 0 Å². The zero-order chi connectivity index (χ0) is 10.9. The standard InChI is InChI=1S/C13H27.K/c1-4-7-8-9-12-13(10-5-2)11-6-3;/h4-12H2,1-3H3;. The number of unbranched alkanes of at least 4 members (excludes halogenated alkanes) is 3. The van der Waals surface area contributed by atoms with Crippen molar-refractivity contribution < 1.29 is 0 Å². The average molecular weight is 222 g/mol. The molecule has 0 aliphatic heterocycles. The van der Waals surface area contributed by atoms with Crippen LogP contribution >= 0.6 is 0 Å². The van der Waals surface area contributed by atoms with Crippen LogP contribution in [-0.4, -0.2) is 49.0 Å². The van der Waals surface area contributed by atoms with Gasteiger partial charge in [0.2, 0.25) is 0 Å². The van der Waals surface area contributed by atoms with Gasteiger partial charge in [-0.1, -0.05) is 0 Å². The summed E-state index contributed by atoms with van der Waals surface area (Å²) in [7, 11) is 0. The molecule has 0 saturated carbocycles. The van der Waals surface area contributed by atoms with Crippen molar-refractivity contribution in [1.29, 1.82) is 0 Å². The van der Waals surface area contributed by atoms with E-state index in [4.69, 9.17) is 0 Å². The van der Waals surface area contributed by atoms with Crippen LogP contribution in [0.15, 0.2) is 0 Å². The summed E-state index contributed by atoms with van der Waals surface area (Å²) >= 11 is 1.03. The summed E-state index contributed by atoms with van der Waals surface area (Å²) in [6, 6.07) is 0. The molecular formula is C13H27K. The Hall–Kier alpha value is 1.64. The summed E-state index contributed by atoms with van der Waals surface area (Å²) < 4.78 is 0.838. The molecule has 0 N–H and O–H groups in total. The Balaban J connectivity index is 3.71. The van der Waals surface area contributed by atoms with Gasteiger partial charge in [-0.2, -0.15) is 0 Å². The molecule has 0 heterocycles. The molecule has 0 saturated heterocycles. The zero-order valence-electron chi connectivity index (χ0n) is 10.9. The van der Waals surface area contributed by atoms with Crippen molar-refractivity contribution in [3.05, 3.63) is 0 Å². The first-order valence-electron chi connectivity index (χ1n) is 6.68. The van der Waals surface area contributed by atoms with Gasteiger partial charge in [-0.15, -0.1) is 0 Å². The maximum absolute atomic E-state index is 2.35. The normalized spacial score (nSPS) is 12.1. The van der Waals surface area contributed by atoms with E-state index in [0.29, 0.717) is 0 Å². The molecule has 80 valence electrons. The minimum absolute atomic E-state index is 0.838. The van der Waals surface area contributed by atoms with Crippen LogP contribution in [0.3, 0.4) is 0 Å². The van der Waals surface area contributed by atoms with Crippen LogP contribution in [0.4, 0.5) is 0 Å². The van der Waals surface area contributed by atoms with Gasteiger partial charge in [0.25, 0.3) is 0 Å². The van der Waals surface area contributed by atoms with E-state index >= 15 is 0 Å². The molecule has 0 amide bonds. The van der Waals surface area contributed by atoms with Crippen LogP contribution in [0.5, 0.6) is 0 Å². The van der Waals surface area contributed by atoms with Crippen molar-refractivity contribution >= 4 is 49.0 Å². The van der Waals surface area contributed by atoms with Crippen molar-refractivity contribution in [2.45, 2.75) is 78.1 Å². The summed E-state index contributed by atoms with van der Waals surface area (Å²) in [5.41, 5.74) is 0. The summed E-state index contributed by atoms with van der Waals surface area (Å²) in [5.74, 6) is 0. The van der Waals surface area contributed by atoms with Crippen LogP contribution in [0.25, 0.3) is 0 Å². The first-order valence-corrected chi connectivity index (χ1v) is 8.24. The van der Waals surface area contributed by atoms with Gasteiger partial charge in [-0.25, -0.2) is 0 Å². The van der Waals surface area contributed by atoms with Crippen LogP contribution in [-0.2, 0) is 0 Å². The minimum atomic E-state index is 0.838. The van der Waals surface area contributed by atoms with E-state index in [1.54, 1.807) is 0 Å². The first kappa shape index (κ1) is 15.6. The molecule has 0 atom stereocenters. The molecule has 0 unspecified atom stereocenters. The molecule has 0 nitrogen and oxygen atoms in total. The molecule has 14 heavy (non-hydrogen) atoms. The fourth-order valence-electron chi connectivity index (χ4n) is 2.56. The van der Waals surface area contributed by atoms with Gasteiger partial charge >= 0.3 is 127 Å². The van der Waals surface area contributed by atoms with E-state index in [9.17, 15) is 0 Å². The second-order valence-electron chi connectivity index (χ2n) is 5.12. The van der Waals surface area contributed by atoms with Crippen LogP contribution < -0.4 is 0 Å². The fraction of sp³-hybridized carbons (Fsp3) is 1.00. The van der Waals surface area contributed by atoms with Gasteiger partial charge in [-0.3, -0.25) is 0 Å². The van der Waals surface area contributed by atoms with E-state index in [-0.39, 0.29) is 0 Å². The summed E-state index contributed by atoms with van der Waals surface area (Å²) in [6.45, 7) is 7.00. The molecule has 0 bridgehead atoms. The van der Waals surface area contributed by atoms with Crippen molar-refractivity contribution in [1.82, 2.24) is 0 Å². The third kappa shape index (κ3) is 7.87. The number of rotatable bonds is 9. The molecular weight excluding hydrogens is 195 g/mol. The molecule has 0 aromatic rings. The maximum atomic E-state index is 2.35. The Morgan fingerprint density at radius 3 is 1.71 bits per heavy atom. The van der Waals surface area contributed by atoms with E-state index in [2.05, 4.69) is 20.8 Å². The fourth-order valence-corrected chi connectivity index (χ4v) is 4.67. The molecule has 1 heteroatoms. The molecule has 0 aliphatic carbocycles. The number of hydrogen-bond donors (Lipinski definition) is 0. The number of hydrogen-bond acceptors (Lipinski definition) is 0. The molecule has 0 radical (unpaired) electrons. The Morgan fingerprint density at radius 1 is 0.714 bits per heavy atom. The second-order valence-corrected chi connectivity index (χ2v) is 8.43. The Kier molecular flexibility index (Phi) is 11.0. The van der Waals surface area contributed by atoms with E-state index < -0.39 is 0 Å². The van der Waals surface area contributed by atoms with Gasteiger partial charge in [-0.05, 0) is 0 Å². The Labute approximate surface area is 125 Å². The first-order chi connectivity index (χ1) is 6.68. The molecule has 0 aromatic heterocycles. The topological polar surface area (TPSA) is 0 Å². The van der Waals surface area contributed by atoms with Gasteiger partial charge in [0, 0.05) is 0 Å². The summed E-state index contributed by atoms with van der Waals surface area (Å²) in [4.78, 5) is 0. The molecule has 0 aromatic carbocycles. The van der Waals surface area contributed by atoms with Crippen molar-refractivity contribution in [2.75, 3.05) is 0 Å². The van der Waals surface area contributed by atoms with Gasteiger partial charge < -0.3 is 0 Å². The SMILES string of the molecule is CCCCCC[C]([K])(CCC)CCC. The van der Waals surface area contributed by atoms with E-state index in [1.807, 2.05) is 0 Å². The molecule has 0 rings (SSSR count). The predicted molar refractivity (Wildman–Crippen MR) is 67.0 cm³/mol. The van der Waals surface area contributed by atoms with E-state index in [1.165, 1.54) is 57.8 Å². The van der Waals surface area contributed by atoms with Crippen molar-refractivity contribution in [2.24, 2.45) is 0 Å². The molecule has 0 aliphatic rings. The molecule has 0 spiro atoms. The van der Waals surface area contributed by atoms with E-state index in [0.717, 1.165) is 48.5 Å². The summed E-state index contributed by atoms with van der Waals surface area (Å²) in [6.07, 6.45) is 13.1. The second kappa shape index (κ2) is 9.83. The quantitative estimate of drug-likeness (QED) is 0.385. The van der Waals surface area contributed by atoms with Gasteiger partial charge in [0.05, 0.1) is 0 Å². The Bertz CT molecular complexity index is 114. The van der Waals surface area contributed by atoms with Gasteiger partial charge in [0.1, 0.15) is 0 Å². The molecule has 0 fully saturated rings.